The molecule has 2 aliphatic heterocycles. The molecule has 12 nitrogen and oxygen atoms in total. The number of amides is 1. The van der Waals surface area contributed by atoms with Crippen molar-refractivity contribution in [2.45, 2.75) is 63.3 Å². The molecule has 7 rings (SSSR count). The molecule has 51 heavy (non-hydrogen) atoms. The van der Waals surface area contributed by atoms with E-state index in [1.165, 1.54) is 10.6 Å². The summed E-state index contributed by atoms with van der Waals surface area (Å²) in [6.45, 7) is 7.56. The van der Waals surface area contributed by atoms with E-state index in [0.29, 0.717) is 29.9 Å². The quantitative estimate of drug-likeness (QED) is 0.240. The summed E-state index contributed by atoms with van der Waals surface area (Å²) in [5, 5.41) is 21.7. The van der Waals surface area contributed by atoms with Gasteiger partial charge in [0.2, 0.25) is 5.95 Å². The second kappa shape index (κ2) is 14.2. The van der Waals surface area contributed by atoms with E-state index in [1.807, 2.05) is 55.5 Å². The van der Waals surface area contributed by atoms with Gasteiger partial charge >= 0.3 is 6.09 Å². The highest BCUT2D eigenvalue weighted by Gasteiger charge is 2.44. The third-order valence-corrected chi connectivity index (χ3v) is 10.9. The van der Waals surface area contributed by atoms with Gasteiger partial charge in [0, 0.05) is 75.1 Å². The highest BCUT2D eigenvalue weighted by Crippen LogP contribution is 2.43. The van der Waals surface area contributed by atoms with Crippen molar-refractivity contribution < 1.29 is 24.5 Å². The van der Waals surface area contributed by atoms with Crippen LogP contribution < -0.4 is 15.2 Å². The zero-order valence-corrected chi connectivity index (χ0v) is 29.9. The Kier molecular flexibility index (Phi) is 9.75. The van der Waals surface area contributed by atoms with Crippen LogP contribution in [0.15, 0.2) is 65.6 Å². The molecule has 1 saturated carbocycles. The fourth-order valence-corrected chi connectivity index (χ4v) is 7.74. The third-order valence-electron chi connectivity index (χ3n) is 10.9. The summed E-state index contributed by atoms with van der Waals surface area (Å²) in [6.07, 6.45) is 4.69. The Balaban J connectivity index is 1.25. The van der Waals surface area contributed by atoms with Gasteiger partial charge in [-0.3, -0.25) is 9.69 Å². The van der Waals surface area contributed by atoms with Gasteiger partial charge in [-0.05, 0) is 68.7 Å². The molecule has 2 N–H and O–H groups in total. The molecule has 3 atom stereocenters. The number of anilines is 1. The van der Waals surface area contributed by atoms with E-state index in [4.69, 9.17) is 19.4 Å². The number of nitrogens with zero attached hydrogens (tertiary/aromatic N) is 6. The molecule has 2 saturated heterocycles. The number of ether oxygens (including phenoxy) is 2. The van der Waals surface area contributed by atoms with Crippen molar-refractivity contribution in [2.24, 2.45) is 13.0 Å². The van der Waals surface area contributed by atoms with Crippen molar-refractivity contribution in [2.75, 3.05) is 51.3 Å². The lowest BCUT2D eigenvalue weighted by atomic mass is 9.87. The SMILES string of the molecule is COc1cc(=O)n(C)cc1-c1ccc2nc(N3CCC(CN4C[C@@H](C)N(C(=O)O)C[C@@H]4C)CC3)nc(C(CO)(OC3CC3)c3ccccc3)c2c1. The molecule has 1 amide bonds. The van der Waals surface area contributed by atoms with Crippen LogP contribution >= 0.6 is 0 Å². The first-order valence-corrected chi connectivity index (χ1v) is 18.0. The predicted octanol–water partition coefficient (Wildman–Crippen LogP) is 4.71. The summed E-state index contributed by atoms with van der Waals surface area (Å²) in [4.78, 5) is 40.8. The largest absolute Gasteiger partial charge is 0.496 e. The zero-order chi connectivity index (χ0) is 35.9. The van der Waals surface area contributed by atoms with E-state index in [2.05, 4.69) is 16.7 Å². The number of benzene rings is 2. The highest BCUT2D eigenvalue weighted by atomic mass is 16.5. The molecule has 4 heterocycles. The van der Waals surface area contributed by atoms with Crippen LogP contribution in [0.3, 0.4) is 0 Å². The molecule has 2 aromatic carbocycles. The number of rotatable bonds is 10. The van der Waals surface area contributed by atoms with Gasteiger partial charge in [-0.1, -0.05) is 36.4 Å². The number of carboxylic acid groups (broad SMARTS) is 1. The maximum absolute atomic E-state index is 12.4. The van der Waals surface area contributed by atoms with Crippen molar-refractivity contribution in [3.05, 3.63) is 82.4 Å². The Bertz CT molecular complexity index is 1940. The topological polar surface area (TPSA) is 133 Å². The Morgan fingerprint density at radius 2 is 1.73 bits per heavy atom. The molecule has 270 valence electrons. The molecule has 3 aliphatic rings. The lowest BCUT2D eigenvalue weighted by molar-refractivity contribution is -0.0672. The Morgan fingerprint density at radius 1 is 0.980 bits per heavy atom. The maximum atomic E-state index is 12.4. The first-order valence-electron chi connectivity index (χ1n) is 18.0. The molecule has 3 fully saturated rings. The van der Waals surface area contributed by atoms with Crippen LogP contribution in [0.2, 0.25) is 0 Å². The number of pyridine rings is 1. The summed E-state index contributed by atoms with van der Waals surface area (Å²) < 4.78 is 14.0. The van der Waals surface area contributed by atoms with Crippen LogP contribution in [0.5, 0.6) is 5.75 Å². The van der Waals surface area contributed by atoms with Crippen LogP contribution in [0.4, 0.5) is 10.7 Å². The highest BCUT2D eigenvalue weighted by molar-refractivity contribution is 5.89. The lowest BCUT2D eigenvalue weighted by Gasteiger charge is -2.45. The molecular weight excluding hydrogens is 648 g/mol. The van der Waals surface area contributed by atoms with Crippen LogP contribution in [0.1, 0.15) is 50.8 Å². The van der Waals surface area contributed by atoms with Gasteiger partial charge in [0.1, 0.15) is 5.75 Å². The minimum Gasteiger partial charge on any atom is -0.496 e. The van der Waals surface area contributed by atoms with Crippen molar-refractivity contribution in [1.82, 2.24) is 24.3 Å². The van der Waals surface area contributed by atoms with Gasteiger partial charge in [0.15, 0.2) is 5.60 Å². The first-order chi connectivity index (χ1) is 24.6. The number of aromatic nitrogens is 3. The number of methoxy groups -OCH3 is 1. The normalized spacial score (nSPS) is 21.5. The van der Waals surface area contributed by atoms with Crippen molar-refractivity contribution in [3.63, 3.8) is 0 Å². The lowest BCUT2D eigenvalue weighted by Crippen LogP contribution is -2.58. The molecular formula is C39H48N6O6. The molecule has 0 bridgehead atoms. The number of aryl methyl sites for hydroxylation is 1. The van der Waals surface area contributed by atoms with E-state index in [9.17, 15) is 19.8 Å². The van der Waals surface area contributed by atoms with Crippen molar-refractivity contribution in [1.29, 1.82) is 0 Å². The smallest absolute Gasteiger partial charge is 0.407 e. The Hall–Kier alpha value is -4.52. The van der Waals surface area contributed by atoms with Crippen LogP contribution in [0.25, 0.3) is 22.0 Å². The number of aliphatic hydroxyl groups is 1. The maximum Gasteiger partial charge on any atom is 0.407 e. The molecule has 4 aromatic rings. The Labute approximate surface area is 298 Å². The summed E-state index contributed by atoms with van der Waals surface area (Å²) in [6, 6.07) is 17.4. The van der Waals surface area contributed by atoms with E-state index in [-0.39, 0.29) is 30.4 Å². The van der Waals surface area contributed by atoms with Gasteiger partial charge in [-0.2, -0.15) is 0 Å². The molecule has 1 aliphatic carbocycles. The monoisotopic (exact) mass is 696 g/mol. The average molecular weight is 697 g/mol. The number of aliphatic hydroxyl groups excluding tert-OH is 1. The van der Waals surface area contributed by atoms with Gasteiger partial charge < -0.3 is 34.1 Å². The zero-order valence-electron chi connectivity index (χ0n) is 29.9. The van der Waals surface area contributed by atoms with Gasteiger partial charge in [-0.15, -0.1) is 0 Å². The first kappa shape index (κ1) is 34.9. The summed E-state index contributed by atoms with van der Waals surface area (Å²) in [5.74, 6) is 1.55. The van der Waals surface area contributed by atoms with Gasteiger partial charge in [0.25, 0.3) is 5.56 Å². The van der Waals surface area contributed by atoms with E-state index >= 15 is 0 Å². The number of hydrogen-bond donors (Lipinski definition) is 2. The van der Waals surface area contributed by atoms with Gasteiger partial charge in [-0.25, -0.2) is 14.8 Å². The molecule has 1 unspecified atom stereocenters. The molecule has 12 heteroatoms. The second-order valence-corrected chi connectivity index (χ2v) is 14.5. The number of piperidine rings is 1. The third kappa shape index (κ3) is 6.92. The predicted molar refractivity (Wildman–Crippen MR) is 195 cm³/mol. The molecule has 2 aromatic heterocycles. The minimum atomic E-state index is -1.23. The van der Waals surface area contributed by atoms with Crippen LogP contribution in [-0.4, -0.2) is 105 Å². The standard InChI is InChI=1S/C39H48N6O6/c1-25-21-45(38(48)49)26(2)20-44(25)22-27-14-16-43(17-15-27)37-40-33-13-10-28(32-23-42(3)35(47)19-34(32)50-4)18-31(33)36(41-37)39(24-46,51-30-11-12-30)29-8-6-5-7-9-29/h5-10,13,18-19,23,25-27,30,46H,11-12,14-17,20-22,24H2,1-4H3,(H,48,49)/t25-,26+,39?/m0/s1. The number of piperazine rings is 1. The average Bonchev–Trinajstić information content (AvgIpc) is 3.97. The summed E-state index contributed by atoms with van der Waals surface area (Å²) in [7, 11) is 3.27. The van der Waals surface area contributed by atoms with E-state index < -0.39 is 11.7 Å². The Morgan fingerprint density at radius 3 is 2.39 bits per heavy atom. The van der Waals surface area contributed by atoms with Gasteiger partial charge in [0.05, 0.1) is 31.0 Å². The molecule has 0 spiro atoms. The molecule has 0 radical (unpaired) electrons. The van der Waals surface area contributed by atoms with E-state index in [1.54, 1.807) is 25.3 Å². The second-order valence-electron chi connectivity index (χ2n) is 14.5. The van der Waals surface area contributed by atoms with Crippen molar-refractivity contribution in [3.8, 4) is 16.9 Å². The minimum absolute atomic E-state index is 0.0102. The fraction of sp³-hybridized carbons (Fsp3) is 0.487. The summed E-state index contributed by atoms with van der Waals surface area (Å²) in [5.41, 5.74) is 2.34. The fourth-order valence-electron chi connectivity index (χ4n) is 7.74. The van der Waals surface area contributed by atoms with Crippen molar-refractivity contribution >= 4 is 22.9 Å². The van der Waals surface area contributed by atoms with Crippen LogP contribution in [-0.2, 0) is 17.4 Å². The van der Waals surface area contributed by atoms with Crippen LogP contribution in [0, 0.1) is 5.92 Å². The summed E-state index contributed by atoms with van der Waals surface area (Å²) >= 11 is 0. The number of hydrogen-bond acceptors (Lipinski definition) is 9. The van der Waals surface area contributed by atoms with E-state index in [0.717, 1.165) is 79.5 Å². The number of fused-ring (bicyclic) bond motifs is 1. The number of carbonyl (C=O) groups is 1.